The molecule has 5 heteroatoms. The van der Waals surface area contributed by atoms with Gasteiger partial charge in [-0.2, -0.15) is 0 Å². The lowest BCUT2D eigenvalue weighted by atomic mass is 10.1. The number of fused-ring (bicyclic) bond motifs is 2. The first-order chi connectivity index (χ1) is 11.1. The topological polar surface area (TPSA) is 43.1 Å². The van der Waals surface area contributed by atoms with Gasteiger partial charge in [0.05, 0.1) is 17.1 Å². The van der Waals surface area contributed by atoms with E-state index >= 15 is 0 Å². The van der Waals surface area contributed by atoms with E-state index in [0.717, 1.165) is 29.9 Å². The van der Waals surface area contributed by atoms with Gasteiger partial charge in [0.2, 0.25) is 0 Å². The van der Waals surface area contributed by atoms with Gasteiger partial charge < -0.3 is 14.0 Å². The molecule has 0 aliphatic carbocycles. The highest BCUT2D eigenvalue weighted by molar-refractivity contribution is 5.97. The van der Waals surface area contributed by atoms with Crippen molar-refractivity contribution in [2.45, 2.75) is 26.4 Å². The number of benzene rings is 1. The van der Waals surface area contributed by atoms with Crippen molar-refractivity contribution in [3.63, 3.8) is 0 Å². The molecule has 3 heterocycles. The van der Waals surface area contributed by atoms with Gasteiger partial charge in [-0.1, -0.05) is 0 Å². The number of aromatic nitrogens is 3. The summed E-state index contributed by atoms with van der Waals surface area (Å²) < 4.78 is 4.26. The Morgan fingerprint density at radius 1 is 1.26 bits per heavy atom. The summed E-state index contributed by atoms with van der Waals surface area (Å²) in [6.45, 7) is 5.65. The summed E-state index contributed by atoms with van der Waals surface area (Å²) in [5.41, 5.74) is 3.84. The fourth-order valence-corrected chi connectivity index (χ4v) is 3.48. The molecule has 1 amide bonds. The molecule has 0 radical (unpaired) electrons. The predicted octanol–water partition coefficient (Wildman–Crippen LogP) is 2.90. The van der Waals surface area contributed by atoms with Gasteiger partial charge in [0, 0.05) is 37.6 Å². The van der Waals surface area contributed by atoms with Gasteiger partial charge in [-0.15, -0.1) is 0 Å². The highest BCUT2D eigenvalue weighted by atomic mass is 16.2. The minimum Gasteiger partial charge on any atom is -0.348 e. The predicted molar refractivity (Wildman–Crippen MR) is 89.3 cm³/mol. The number of aryl methyl sites for hydroxylation is 2. The highest BCUT2D eigenvalue weighted by Crippen LogP contribution is 2.27. The summed E-state index contributed by atoms with van der Waals surface area (Å²) in [7, 11) is 1.99. The first-order valence-electron chi connectivity index (χ1n) is 7.95. The fraction of sp³-hybridized carbons (Fsp3) is 0.333. The van der Waals surface area contributed by atoms with E-state index in [1.54, 1.807) is 0 Å². The van der Waals surface area contributed by atoms with Crippen LogP contribution in [0.1, 0.15) is 34.8 Å². The van der Waals surface area contributed by atoms with Crippen LogP contribution in [0.2, 0.25) is 0 Å². The van der Waals surface area contributed by atoms with Crippen LogP contribution < -0.4 is 0 Å². The zero-order valence-corrected chi connectivity index (χ0v) is 13.7. The van der Waals surface area contributed by atoms with E-state index in [9.17, 15) is 4.79 Å². The van der Waals surface area contributed by atoms with Gasteiger partial charge >= 0.3 is 0 Å². The quantitative estimate of drug-likeness (QED) is 0.694. The number of carbonyl (C=O) groups is 1. The van der Waals surface area contributed by atoms with E-state index in [1.807, 2.05) is 47.7 Å². The second-order valence-corrected chi connectivity index (χ2v) is 6.22. The molecule has 5 nitrogen and oxygen atoms in total. The van der Waals surface area contributed by atoms with Crippen LogP contribution in [-0.2, 0) is 13.6 Å². The lowest BCUT2D eigenvalue weighted by Gasteiger charge is -2.35. The average Bonchev–Trinajstić information content (AvgIpc) is 3.13. The van der Waals surface area contributed by atoms with E-state index in [0.29, 0.717) is 5.56 Å². The molecule has 0 unspecified atom stereocenters. The monoisotopic (exact) mass is 308 g/mol. The minimum atomic E-state index is 0.0788. The lowest BCUT2D eigenvalue weighted by molar-refractivity contribution is 0.0644. The molecule has 1 aliphatic heterocycles. The van der Waals surface area contributed by atoms with Crippen molar-refractivity contribution in [2.75, 3.05) is 6.54 Å². The van der Waals surface area contributed by atoms with Gasteiger partial charge in [-0.3, -0.25) is 4.79 Å². The Balaban J connectivity index is 1.69. The minimum absolute atomic E-state index is 0.0788. The summed E-state index contributed by atoms with van der Waals surface area (Å²) in [5, 5.41) is 0. The highest BCUT2D eigenvalue weighted by Gasteiger charge is 2.28. The van der Waals surface area contributed by atoms with Crippen LogP contribution >= 0.6 is 0 Å². The molecule has 118 valence electrons. The third-order valence-electron chi connectivity index (χ3n) is 4.95. The van der Waals surface area contributed by atoms with E-state index in [2.05, 4.69) is 28.7 Å². The first-order valence-corrected chi connectivity index (χ1v) is 7.95. The molecule has 0 N–H and O–H groups in total. The van der Waals surface area contributed by atoms with Crippen molar-refractivity contribution < 1.29 is 4.79 Å². The standard InChI is InChI=1S/C18H20N4O/c1-12-16-5-4-8-21(16)9-10-22(12)18(23)14-6-7-17-15(11-14)19-13(2)20(17)3/h4-8,11-12H,9-10H2,1-3H3/t12-/m0/s1. The van der Waals surface area contributed by atoms with Crippen LogP contribution in [-0.4, -0.2) is 31.5 Å². The maximum absolute atomic E-state index is 13.0. The zero-order valence-electron chi connectivity index (χ0n) is 13.7. The van der Waals surface area contributed by atoms with E-state index < -0.39 is 0 Å². The second kappa shape index (κ2) is 4.98. The number of imidazole rings is 1. The van der Waals surface area contributed by atoms with Crippen molar-refractivity contribution >= 4 is 16.9 Å². The fourth-order valence-electron chi connectivity index (χ4n) is 3.48. The number of hydrogen-bond acceptors (Lipinski definition) is 2. The summed E-state index contributed by atoms with van der Waals surface area (Å²) >= 11 is 0. The van der Waals surface area contributed by atoms with Gasteiger partial charge in [0.25, 0.3) is 5.91 Å². The van der Waals surface area contributed by atoms with Crippen LogP contribution in [0.4, 0.5) is 0 Å². The van der Waals surface area contributed by atoms with Crippen LogP contribution in [0, 0.1) is 6.92 Å². The van der Waals surface area contributed by atoms with Gasteiger partial charge in [-0.05, 0) is 44.2 Å². The Morgan fingerprint density at radius 2 is 2.09 bits per heavy atom. The average molecular weight is 308 g/mol. The van der Waals surface area contributed by atoms with Gasteiger partial charge in [0.1, 0.15) is 5.82 Å². The molecule has 4 rings (SSSR count). The van der Waals surface area contributed by atoms with E-state index in [1.165, 1.54) is 5.69 Å². The molecule has 0 saturated heterocycles. The summed E-state index contributed by atoms with van der Waals surface area (Å²) in [5.74, 6) is 1.03. The molecule has 1 aliphatic rings. The Kier molecular flexibility index (Phi) is 3.04. The Labute approximate surface area is 135 Å². The molecule has 0 saturated carbocycles. The van der Waals surface area contributed by atoms with Crippen molar-refractivity contribution in [3.05, 3.63) is 53.6 Å². The maximum Gasteiger partial charge on any atom is 0.254 e. The largest absolute Gasteiger partial charge is 0.348 e. The van der Waals surface area contributed by atoms with Gasteiger partial charge in [-0.25, -0.2) is 4.98 Å². The molecular formula is C18H20N4O. The molecule has 23 heavy (non-hydrogen) atoms. The Bertz CT molecular complexity index is 905. The smallest absolute Gasteiger partial charge is 0.254 e. The van der Waals surface area contributed by atoms with Crippen LogP contribution in [0.25, 0.3) is 11.0 Å². The van der Waals surface area contributed by atoms with Crippen molar-refractivity contribution in [2.24, 2.45) is 7.05 Å². The number of carbonyl (C=O) groups excluding carboxylic acids is 1. The summed E-state index contributed by atoms with van der Waals surface area (Å²) in [6, 6.07) is 10.0. The molecule has 0 bridgehead atoms. The molecule has 1 atom stereocenters. The Hall–Kier alpha value is -2.56. The van der Waals surface area contributed by atoms with Gasteiger partial charge in [0.15, 0.2) is 0 Å². The van der Waals surface area contributed by atoms with E-state index in [-0.39, 0.29) is 11.9 Å². The third kappa shape index (κ3) is 2.07. The second-order valence-electron chi connectivity index (χ2n) is 6.22. The normalized spacial score (nSPS) is 17.5. The maximum atomic E-state index is 13.0. The lowest BCUT2D eigenvalue weighted by Crippen LogP contribution is -2.40. The molecule has 0 fully saturated rings. The molecule has 0 spiro atoms. The zero-order chi connectivity index (χ0) is 16.1. The molecule has 3 aromatic rings. The summed E-state index contributed by atoms with van der Waals surface area (Å²) in [6.07, 6.45) is 2.08. The number of amides is 1. The molecular weight excluding hydrogens is 288 g/mol. The van der Waals surface area contributed by atoms with Crippen molar-refractivity contribution in [1.29, 1.82) is 0 Å². The number of nitrogens with zero attached hydrogens (tertiary/aromatic N) is 4. The third-order valence-corrected chi connectivity index (χ3v) is 4.95. The number of rotatable bonds is 1. The van der Waals surface area contributed by atoms with Crippen LogP contribution in [0.3, 0.4) is 0 Å². The Morgan fingerprint density at radius 3 is 2.91 bits per heavy atom. The van der Waals surface area contributed by atoms with Crippen molar-refractivity contribution in [1.82, 2.24) is 19.0 Å². The van der Waals surface area contributed by atoms with E-state index in [4.69, 9.17) is 0 Å². The first kappa shape index (κ1) is 14.1. The number of hydrogen-bond donors (Lipinski definition) is 0. The summed E-state index contributed by atoms with van der Waals surface area (Å²) in [4.78, 5) is 19.4. The van der Waals surface area contributed by atoms with Crippen LogP contribution in [0.5, 0.6) is 0 Å². The van der Waals surface area contributed by atoms with Crippen molar-refractivity contribution in [3.8, 4) is 0 Å². The SMILES string of the molecule is Cc1nc2cc(C(=O)N3CCn4cccc4[C@@H]3C)ccc2n1C. The molecule has 2 aromatic heterocycles. The van der Waals surface area contributed by atoms with Crippen LogP contribution in [0.15, 0.2) is 36.5 Å². The molecule has 1 aromatic carbocycles.